The Hall–Kier alpha value is -2.22. The van der Waals surface area contributed by atoms with Crippen molar-refractivity contribution in [3.8, 4) is 0 Å². The lowest BCUT2D eigenvalue weighted by molar-refractivity contribution is -0.142. The summed E-state index contributed by atoms with van der Waals surface area (Å²) in [4.78, 5) is 24.1. The number of rotatable bonds is 8. The summed E-state index contributed by atoms with van der Waals surface area (Å²) in [5, 5.41) is 0.426. The van der Waals surface area contributed by atoms with E-state index < -0.39 is 16.0 Å². The molecular weight excluding hydrogens is 402 g/mol. The number of carbonyl (C=O) groups excluding carboxylic acids is 2. The summed E-state index contributed by atoms with van der Waals surface area (Å²) in [5.41, 5.74) is 2.96. The number of esters is 1. The molecule has 0 unspecified atom stereocenters. The zero-order valence-electron chi connectivity index (χ0n) is 15.1. The highest BCUT2D eigenvalue weighted by molar-refractivity contribution is 7.89. The number of nitrogens with one attached hydrogen (secondary N) is 1. The van der Waals surface area contributed by atoms with Crippen molar-refractivity contribution in [3.05, 3.63) is 64.2 Å². The summed E-state index contributed by atoms with van der Waals surface area (Å²) in [7, 11) is -3.74. The third-order valence-corrected chi connectivity index (χ3v) is 6.26. The molecule has 0 spiro atoms. The molecule has 0 atom stereocenters. The highest BCUT2D eigenvalue weighted by Gasteiger charge is 2.17. The van der Waals surface area contributed by atoms with Crippen LogP contribution in [0.3, 0.4) is 0 Å². The van der Waals surface area contributed by atoms with E-state index in [1.165, 1.54) is 35.4 Å². The van der Waals surface area contributed by atoms with Gasteiger partial charge in [0.15, 0.2) is 12.4 Å². The van der Waals surface area contributed by atoms with Gasteiger partial charge < -0.3 is 4.74 Å². The van der Waals surface area contributed by atoms with E-state index in [0.717, 1.165) is 19.3 Å². The Morgan fingerprint density at radius 3 is 2.50 bits per heavy atom. The molecule has 3 rings (SSSR count). The standard InChI is InChI=1S/C20H20ClNO5S/c21-17-6-8-18(9-7-17)28(25,26)22-11-10-20(24)27-13-19(23)16-5-4-14-2-1-3-15(14)12-16/h4-9,12,22H,1-3,10-11,13H2. The number of ketones is 1. The van der Waals surface area contributed by atoms with Gasteiger partial charge in [-0.2, -0.15) is 0 Å². The molecule has 0 radical (unpaired) electrons. The summed E-state index contributed by atoms with van der Waals surface area (Å²) in [6.45, 7) is -0.488. The van der Waals surface area contributed by atoms with E-state index in [4.69, 9.17) is 16.3 Å². The van der Waals surface area contributed by atoms with Crippen molar-refractivity contribution < 1.29 is 22.7 Å². The smallest absolute Gasteiger partial charge is 0.307 e. The van der Waals surface area contributed by atoms with Crippen LogP contribution >= 0.6 is 11.6 Å². The second-order valence-electron chi connectivity index (χ2n) is 6.52. The van der Waals surface area contributed by atoms with Gasteiger partial charge in [0.25, 0.3) is 0 Å². The van der Waals surface area contributed by atoms with Gasteiger partial charge in [0.05, 0.1) is 11.3 Å². The van der Waals surface area contributed by atoms with Crippen LogP contribution in [0.1, 0.15) is 34.3 Å². The summed E-state index contributed by atoms with van der Waals surface area (Å²) < 4.78 is 31.5. The predicted molar refractivity (Wildman–Crippen MR) is 105 cm³/mol. The third kappa shape index (κ3) is 5.19. The molecule has 148 valence electrons. The maximum Gasteiger partial charge on any atom is 0.307 e. The molecule has 28 heavy (non-hydrogen) atoms. The molecule has 0 heterocycles. The first-order valence-electron chi connectivity index (χ1n) is 8.91. The van der Waals surface area contributed by atoms with Crippen molar-refractivity contribution in [2.75, 3.05) is 13.2 Å². The molecule has 0 fully saturated rings. The van der Waals surface area contributed by atoms with E-state index in [1.807, 2.05) is 12.1 Å². The van der Waals surface area contributed by atoms with Crippen LogP contribution in [0.25, 0.3) is 0 Å². The van der Waals surface area contributed by atoms with Crippen LogP contribution in [0.15, 0.2) is 47.4 Å². The fourth-order valence-corrected chi connectivity index (χ4v) is 4.19. The van der Waals surface area contributed by atoms with Crippen molar-refractivity contribution >= 4 is 33.4 Å². The van der Waals surface area contributed by atoms with Crippen molar-refractivity contribution in [2.45, 2.75) is 30.6 Å². The summed E-state index contributed by atoms with van der Waals surface area (Å²) in [5.74, 6) is -0.918. The van der Waals surface area contributed by atoms with Gasteiger partial charge in [-0.05, 0) is 60.7 Å². The van der Waals surface area contributed by atoms with Crippen molar-refractivity contribution in [3.63, 3.8) is 0 Å². The van der Waals surface area contributed by atoms with Gasteiger partial charge in [-0.3, -0.25) is 9.59 Å². The molecule has 0 saturated carbocycles. The second kappa shape index (κ2) is 8.86. The van der Waals surface area contributed by atoms with Gasteiger partial charge >= 0.3 is 5.97 Å². The van der Waals surface area contributed by atoms with Gasteiger partial charge in [-0.1, -0.05) is 23.7 Å². The molecule has 2 aromatic rings. The minimum Gasteiger partial charge on any atom is -0.457 e. The monoisotopic (exact) mass is 421 g/mol. The van der Waals surface area contributed by atoms with Crippen LogP contribution in [-0.2, 0) is 32.4 Å². The van der Waals surface area contributed by atoms with Crippen molar-refractivity contribution in [2.24, 2.45) is 0 Å². The van der Waals surface area contributed by atoms with Crippen molar-refractivity contribution in [1.82, 2.24) is 4.72 Å². The molecule has 2 aromatic carbocycles. The minimum absolute atomic E-state index is 0.0528. The minimum atomic E-state index is -3.74. The van der Waals surface area contributed by atoms with Crippen LogP contribution in [0.5, 0.6) is 0 Å². The first-order chi connectivity index (χ1) is 13.3. The molecule has 1 aliphatic rings. The number of fused-ring (bicyclic) bond motifs is 1. The van der Waals surface area contributed by atoms with Gasteiger partial charge in [-0.25, -0.2) is 13.1 Å². The van der Waals surface area contributed by atoms with E-state index in [9.17, 15) is 18.0 Å². The highest BCUT2D eigenvalue weighted by Crippen LogP contribution is 2.23. The summed E-state index contributed by atoms with van der Waals surface area (Å²) >= 11 is 5.74. The number of aryl methyl sites for hydroxylation is 2. The number of sulfonamides is 1. The quantitative estimate of drug-likeness (QED) is 0.523. The number of ether oxygens (including phenoxy) is 1. The molecule has 0 aromatic heterocycles. The summed E-state index contributed by atoms with van der Waals surface area (Å²) in [6.07, 6.45) is 2.91. The number of hydrogen-bond acceptors (Lipinski definition) is 5. The lowest BCUT2D eigenvalue weighted by atomic mass is 10.0. The molecule has 6 nitrogen and oxygen atoms in total. The zero-order chi connectivity index (χ0) is 20.1. The van der Waals surface area contributed by atoms with E-state index in [1.54, 1.807) is 6.07 Å². The fourth-order valence-electron chi connectivity index (χ4n) is 3.03. The van der Waals surface area contributed by atoms with Crippen LogP contribution in [-0.4, -0.2) is 33.3 Å². The first kappa shape index (κ1) is 20.5. The van der Waals surface area contributed by atoms with E-state index >= 15 is 0 Å². The summed E-state index contributed by atoms with van der Waals surface area (Å²) in [6, 6.07) is 11.2. The Morgan fingerprint density at radius 2 is 1.75 bits per heavy atom. The second-order valence-corrected chi connectivity index (χ2v) is 8.73. The number of Topliss-reactive ketones (excluding diaryl/α,β-unsaturated/α-hetero) is 1. The molecule has 0 aliphatic heterocycles. The Labute approximate surface area is 168 Å². The Balaban J connectivity index is 1.44. The van der Waals surface area contributed by atoms with E-state index in [2.05, 4.69) is 4.72 Å². The predicted octanol–water partition coefficient (Wildman–Crippen LogP) is 2.92. The van der Waals surface area contributed by atoms with Crippen molar-refractivity contribution in [1.29, 1.82) is 0 Å². The fraction of sp³-hybridized carbons (Fsp3) is 0.300. The average molecular weight is 422 g/mol. The van der Waals surface area contributed by atoms with Gasteiger partial charge in [0, 0.05) is 17.1 Å². The number of hydrogen-bond donors (Lipinski definition) is 1. The topological polar surface area (TPSA) is 89.5 Å². The SMILES string of the molecule is O=C(CCNS(=O)(=O)c1ccc(Cl)cc1)OCC(=O)c1ccc2c(c1)CCC2. The van der Waals surface area contributed by atoms with E-state index in [0.29, 0.717) is 10.6 Å². The molecular formula is C20H20ClNO5S. The maximum absolute atomic E-state index is 12.2. The molecule has 0 amide bonds. The molecule has 1 N–H and O–H groups in total. The molecule has 0 bridgehead atoms. The Morgan fingerprint density at radius 1 is 1.04 bits per heavy atom. The van der Waals surface area contributed by atoms with Crippen LogP contribution in [0.2, 0.25) is 5.02 Å². The lowest BCUT2D eigenvalue weighted by Crippen LogP contribution is -2.27. The molecule has 0 saturated heterocycles. The Bertz CT molecular complexity index is 986. The Kier molecular flexibility index (Phi) is 6.49. The largest absolute Gasteiger partial charge is 0.457 e. The zero-order valence-corrected chi connectivity index (χ0v) is 16.7. The normalized spacial score (nSPS) is 13.2. The van der Waals surface area contributed by atoms with Gasteiger partial charge in [-0.15, -0.1) is 0 Å². The number of carbonyl (C=O) groups is 2. The highest BCUT2D eigenvalue weighted by atomic mass is 35.5. The first-order valence-corrected chi connectivity index (χ1v) is 10.8. The lowest BCUT2D eigenvalue weighted by Gasteiger charge is -2.08. The van der Waals surface area contributed by atoms with Crippen LogP contribution in [0.4, 0.5) is 0 Å². The number of benzene rings is 2. The van der Waals surface area contributed by atoms with Crippen LogP contribution < -0.4 is 4.72 Å². The molecule has 1 aliphatic carbocycles. The molecule has 8 heteroatoms. The van der Waals surface area contributed by atoms with Gasteiger partial charge in [0.2, 0.25) is 10.0 Å². The van der Waals surface area contributed by atoms with Crippen LogP contribution in [0, 0.1) is 0 Å². The number of halogens is 1. The van der Waals surface area contributed by atoms with Gasteiger partial charge in [0.1, 0.15) is 0 Å². The van der Waals surface area contributed by atoms with E-state index in [-0.39, 0.29) is 30.3 Å². The maximum atomic E-state index is 12.2. The third-order valence-electron chi connectivity index (χ3n) is 4.53. The average Bonchev–Trinajstić information content (AvgIpc) is 3.14.